The van der Waals surface area contributed by atoms with Crippen molar-refractivity contribution in [3.8, 4) is 0 Å². The number of nitrogens with zero attached hydrogens (tertiary/aromatic N) is 3. The molecule has 0 fully saturated rings. The highest BCUT2D eigenvalue weighted by molar-refractivity contribution is 9.10. The molecular weight excluding hydrogens is 364 g/mol. The molecule has 2 aromatic heterocycles. The zero-order valence-electron chi connectivity index (χ0n) is 12.0. The van der Waals surface area contributed by atoms with Gasteiger partial charge in [-0.25, -0.2) is 4.98 Å². The highest BCUT2D eigenvalue weighted by Crippen LogP contribution is 2.20. The number of aromatic nitrogens is 2. The van der Waals surface area contributed by atoms with Crippen molar-refractivity contribution in [1.82, 2.24) is 9.38 Å². The van der Waals surface area contributed by atoms with Crippen LogP contribution in [0.4, 0.5) is 11.4 Å². The maximum absolute atomic E-state index is 12.5. The van der Waals surface area contributed by atoms with Crippen LogP contribution in [0, 0.1) is 17.0 Å². The molecular formula is C15H11BrN4O3. The van der Waals surface area contributed by atoms with E-state index >= 15 is 0 Å². The van der Waals surface area contributed by atoms with Crippen LogP contribution >= 0.6 is 15.9 Å². The van der Waals surface area contributed by atoms with E-state index in [1.807, 2.05) is 6.07 Å². The van der Waals surface area contributed by atoms with Crippen molar-refractivity contribution < 1.29 is 9.72 Å². The molecule has 7 nitrogen and oxygen atoms in total. The summed E-state index contributed by atoms with van der Waals surface area (Å²) < 4.78 is 2.48. The minimum atomic E-state index is -0.508. The zero-order valence-corrected chi connectivity index (χ0v) is 13.6. The predicted octanol–water partition coefficient (Wildman–Crippen LogP) is 3.57. The fourth-order valence-electron chi connectivity index (χ4n) is 2.30. The van der Waals surface area contributed by atoms with Crippen LogP contribution in [-0.2, 0) is 0 Å². The van der Waals surface area contributed by atoms with E-state index in [1.54, 1.807) is 29.7 Å². The van der Waals surface area contributed by atoms with E-state index in [0.717, 1.165) is 4.47 Å². The van der Waals surface area contributed by atoms with E-state index in [9.17, 15) is 14.9 Å². The van der Waals surface area contributed by atoms with Gasteiger partial charge in [-0.2, -0.15) is 0 Å². The number of carbonyl (C=O) groups excluding carboxylic acids is 1. The van der Waals surface area contributed by atoms with E-state index in [1.165, 1.54) is 18.2 Å². The fraction of sp³-hybridized carbons (Fsp3) is 0.0667. The molecule has 0 aliphatic carbocycles. The quantitative estimate of drug-likeness (QED) is 0.560. The highest BCUT2D eigenvalue weighted by Gasteiger charge is 2.17. The first-order chi connectivity index (χ1) is 11.0. The first-order valence-corrected chi connectivity index (χ1v) is 7.45. The lowest BCUT2D eigenvalue weighted by Gasteiger charge is -2.06. The van der Waals surface area contributed by atoms with Crippen LogP contribution in [0.1, 0.15) is 16.2 Å². The van der Waals surface area contributed by atoms with Crippen LogP contribution in [0.25, 0.3) is 5.65 Å². The SMILES string of the molecule is Cc1nc2ccc(Br)cn2c1C(=O)Nc1cccc([N+](=O)[O-])c1. The van der Waals surface area contributed by atoms with Crippen LogP contribution in [0.15, 0.2) is 47.1 Å². The molecule has 23 heavy (non-hydrogen) atoms. The molecule has 3 aromatic rings. The summed E-state index contributed by atoms with van der Waals surface area (Å²) >= 11 is 3.36. The third kappa shape index (κ3) is 2.93. The maximum atomic E-state index is 12.5. The van der Waals surface area contributed by atoms with E-state index < -0.39 is 4.92 Å². The fourth-order valence-corrected chi connectivity index (χ4v) is 2.63. The molecule has 116 valence electrons. The standard InChI is InChI=1S/C15H11BrN4O3/c1-9-14(19-8-10(16)5-6-13(19)17-9)15(21)18-11-3-2-4-12(7-11)20(22)23/h2-8H,1H3,(H,18,21). The monoisotopic (exact) mass is 374 g/mol. The number of non-ortho nitro benzene ring substituents is 1. The number of halogens is 1. The summed E-state index contributed by atoms with van der Waals surface area (Å²) in [6, 6.07) is 9.43. The molecule has 2 heterocycles. The molecule has 1 amide bonds. The van der Waals surface area contributed by atoms with Gasteiger partial charge >= 0.3 is 0 Å². The lowest BCUT2D eigenvalue weighted by Crippen LogP contribution is -2.15. The van der Waals surface area contributed by atoms with Crippen molar-refractivity contribution >= 4 is 38.9 Å². The molecule has 0 spiro atoms. The maximum Gasteiger partial charge on any atom is 0.274 e. The molecule has 3 rings (SSSR count). The van der Waals surface area contributed by atoms with Crippen LogP contribution < -0.4 is 5.32 Å². The minimum absolute atomic E-state index is 0.0830. The number of imidazole rings is 1. The van der Waals surface area contributed by atoms with Gasteiger partial charge in [0.15, 0.2) is 0 Å². The van der Waals surface area contributed by atoms with Crippen LogP contribution in [-0.4, -0.2) is 20.2 Å². The first-order valence-electron chi connectivity index (χ1n) is 6.66. The Morgan fingerprint density at radius 2 is 2.13 bits per heavy atom. The number of pyridine rings is 1. The van der Waals surface area contributed by atoms with Gasteiger partial charge in [-0.3, -0.25) is 19.3 Å². The second kappa shape index (κ2) is 5.81. The average Bonchev–Trinajstić information content (AvgIpc) is 2.82. The Balaban J connectivity index is 1.98. The zero-order chi connectivity index (χ0) is 16.6. The van der Waals surface area contributed by atoms with Crippen molar-refractivity contribution in [3.63, 3.8) is 0 Å². The second-order valence-electron chi connectivity index (χ2n) is 4.88. The van der Waals surface area contributed by atoms with Gasteiger partial charge in [-0.1, -0.05) is 6.07 Å². The number of fused-ring (bicyclic) bond motifs is 1. The third-order valence-electron chi connectivity index (χ3n) is 3.29. The molecule has 0 aliphatic rings. The first kappa shape index (κ1) is 15.2. The summed E-state index contributed by atoms with van der Waals surface area (Å²) in [6.45, 7) is 1.74. The Kier molecular flexibility index (Phi) is 3.83. The number of nitro benzene ring substituents is 1. The number of anilines is 1. The smallest absolute Gasteiger partial charge is 0.274 e. The molecule has 0 atom stereocenters. The third-order valence-corrected chi connectivity index (χ3v) is 3.76. The van der Waals surface area contributed by atoms with Gasteiger partial charge in [0.1, 0.15) is 11.3 Å². The number of nitro groups is 1. The molecule has 0 saturated carbocycles. The topological polar surface area (TPSA) is 89.5 Å². The van der Waals surface area contributed by atoms with Crippen LogP contribution in [0.2, 0.25) is 0 Å². The number of rotatable bonds is 3. The van der Waals surface area contributed by atoms with Gasteiger partial charge in [0.2, 0.25) is 0 Å². The Labute approximate surface area is 139 Å². The van der Waals surface area contributed by atoms with Crippen molar-refractivity contribution in [3.05, 3.63) is 68.6 Å². The number of benzene rings is 1. The summed E-state index contributed by atoms with van der Waals surface area (Å²) in [6.07, 6.45) is 1.75. The Morgan fingerprint density at radius 3 is 2.87 bits per heavy atom. The number of aryl methyl sites for hydroxylation is 1. The van der Waals surface area contributed by atoms with E-state index in [0.29, 0.717) is 22.7 Å². The van der Waals surface area contributed by atoms with Gasteiger partial charge in [0.05, 0.1) is 10.6 Å². The normalized spacial score (nSPS) is 10.7. The molecule has 0 aliphatic heterocycles. The lowest BCUT2D eigenvalue weighted by molar-refractivity contribution is -0.384. The summed E-state index contributed by atoms with van der Waals surface area (Å²) in [5.74, 6) is -0.381. The van der Waals surface area contributed by atoms with Crippen molar-refractivity contribution in [2.24, 2.45) is 0 Å². The molecule has 0 unspecified atom stereocenters. The van der Waals surface area contributed by atoms with Crippen LogP contribution in [0.5, 0.6) is 0 Å². The molecule has 0 bridgehead atoms. The van der Waals surface area contributed by atoms with E-state index in [-0.39, 0.29) is 11.6 Å². The molecule has 0 radical (unpaired) electrons. The Bertz CT molecular complexity index is 936. The summed E-state index contributed by atoms with van der Waals surface area (Å²) in [5.41, 5.74) is 1.88. The highest BCUT2D eigenvalue weighted by atomic mass is 79.9. The van der Waals surface area contributed by atoms with E-state index in [4.69, 9.17) is 0 Å². The van der Waals surface area contributed by atoms with Crippen molar-refractivity contribution in [2.75, 3.05) is 5.32 Å². The van der Waals surface area contributed by atoms with Crippen molar-refractivity contribution in [1.29, 1.82) is 0 Å². The average molecular weight is 375 g/mol. The largest absolute Gasteiger partial charge is 0.320 e. The lowest BCUT2D eigenvalue weighted by atomic mass is 10.2. The number of amides is 1. The number of carbonyl (C=O) groups is 1. The minimum Gasteiger partial charge on any atom is -0.320 e. The number of hydrogen-bond acceptors (Lipinski definition) is 4. The second-order valence-corrected chi connectivity index (χ2v) is 5.80. The van der Waals surface area contributed by atoms with E-state index in [2.05, 4.69) is 26.2 Å². The number of nitrogens with one attached hydrogen (secondary N) is 1. The predicted molar refractivity (Wildman–Crippen MR) is 88.7 cm³/mol. The van der Waals surface area contributed by atoms with Gasteiger partial charge in [-0.05, 0) is 41.1 Å². The molecule has 1 N–H and O–H groups in total. The van der Waals surface area contributed by atoms with Gasteiger partial charge < -0.3 is 5.32 Å². The van der Waals surface area contributed by atoms with Gasteiger partial charge in [-0.15, -0.1) is 0 Å². The summed E-state index contributed by atoms with van der Waals surface area (Å²) in [5, 5.41) is 13.5. The van der Waals surface area contributed by atoms with Gasteiger partial charge in [0, 0.05) is 28.5 Å². The summed E-state index contributed by atoms with van der Waals surface area (Å²) in [4.78, 5) is 27.2. The molecule has 1 aromatic carbocycles. The summed E-state index contributed by atoms with van der Waals surface area (Å²) in [7, 11) is 0. The molecule has 8 heteroatoms. The molecule has 0 saturated heterocycles. The van der Waals surface area contributed by atoms with Gasteiger partial charge in [0.25, 0.3) is 11.6 Å². The Hall–Kier alpha value is -2.74. The number of hydrogen-bond donors (Lipinski definition) is 1. The Morgan fingerprint density at radius 1 is 1.35 bits per heavy atom. The van der Waals surface area contributed by atoms with Crippen LogP contribution in [0.3, 0.4) is 0 Å². The van der Waals surface area contributed by atoms with Crippen molar-refractivity contribution in [2.45, 2.75) is 6.92 Å².